The van der Waals surface area contributed by atoms with Crippen LogP contribution in [0.5, 0.6) is 0 Å². The van der Waals surface area contributed by atoms with Gasteiger partial charge in [0.25, 0.3) is 0 Å². The van der Waals surface area contributed by atoms with Crippen molar-refractivity contribution in [3.8, 4) is 11.3 Å². The van der Waals surface area contributed by atoms with Gasteiger partial charge in [-0.1, -0.05) is 6.07 Å². The van der Waals surface area contributed by atoms with Gasteiger partial charge in [0.1, 0.15) is 5.82 Å². The summed E-state index contributed by atoms with van der Waals surface area (Å²) in [7, 11) is 1.84. The van der Waals surface area contributed by atoms with Crippen LogP contribution in [0.25, 0.3) is 11.3 Å². The Morgan fingerprint density at radius 2 is 2.00 bits per heavy atom. The van der Waals surface area contributed by atoms with Crippen LogP contribution in [-0.4, -0.2) is 36.1 Å². The van der Waals surface area contributed by atoms with Crippen molar-refractivity contribution in [1.29, 1.82) is 0 Å². The molecule has 10 nitrogen and oxygen atoms in total. The first-order valence-electron chi connectivity index (χ1n) is 9.08. The molecule has 4 rings (SSSR count). The Morgan fingerprint density at radius 1 is 1.10 bits per heavy atom. The van der Waals surface area contributed by atoms with Gasteiger partial charge in [0.2, 0.25) is 5.95 Å². The van der Waals surface area contributed by atoms with Gasteiger partial charge in [0.15, 0.2) is 0 Å². The average Bonchev–Trinajstić information content (AvgIpc) is 3.38. The van der Waals surface area contributed by atoms with E-state index in [1.54, 1.807) is 28.3 Å². The third-order valence-corrected chi connectivity index (χ3v) is 4.48. The fraction of sp³-hybridized carbons (Fsp3) is 0.158. The lowest BCUT2D eigenvalue weighted by Gasteiger charge is -2.21. The summed E-state index contributed by atoms with van der Waals surface area (Å²) in [6.07, 6.45) is 7.04. The van der Waals surface area contributed by atoms with E-state index in [1.165, 1.54) is 0 Å². The maximum atomic E-state index is 6.26. The van der Waals surface area contributed by atoms with Gasteiger partial charge in [-0.15, -0.1) is 0 Å². The number of nitrogen functional groups attached to an aromatic ring is 1. The molecule has 1 aromatic carbocycles. The van der Waals surface area contributed by atoms with Crippen LogP contribution >= 0.6 is 0 Å². The minimum Gasteiger partial charge on any atom is -0.397 e. The zero-order valence-electron chi connectivity index (χ0n) is 16.0. The monoisotopic (exact) mass is 390 g/mol. The fourth-order valence-electron chi connectivity index (χ4n) is 2.93. The summed E-state index contributed by atoms with van der Waals surface area (Å²) in [5.74, 6) is 7.46. The number of nitrogens with zero attached hydrogens (tertiary/aromatic N) is 7. The molecule has 3 heterocycles. The van der Waals surface area contributed by atoms with Crippen LogP contribution < -0.4 is 21.9 Å². The topological polar surface area (TPSA) is 129 Å². The average molecular weight is 390 g/mol. The molecule has 0 atom stereocenters. The van der Waals surface area contributed by atoms with E-state index in [-0.39, 0.29) is 0 Å². The van der Waals surface area contributed by atoms with E-state index in [0.717, 1.165) is 22.8 Å². The smallest absolute Gasteiger partial charge is 0.228 e. The molecule has 10 heteroatoms. The van der Waals surface area contributed by atoms with Gasteiger partial charge in [-0.05, 0) is 24.3 Å². The van der Waals surface area contributed by atoms with Gasteiger partial charge >= 0.3 is 0 Å². The Labute approximate surface area is 167 Å². The van der Waals surface area contributed by atoms with Crippen molar-refractivity contribution >= 4 is 23.1 Å². The number of hydrazine groups is 1. The van der Waals surface area contributed by atoms with Crippen LogP contribution in [0.3, 0.4) is 0 Å². The maximum absolute atomic E-state index is 6.26. The number of aryl methyl sites for hydroxylation is 1. The number of anilines is 4. The minimum atomic E-state index is 0.480. The highest BCUT2D eigenvalue weighted by Gasteiger charge is 2.10. The number of nitrogens with one attached hydrogen (secondary N) is 1. The lowest BCUT2D eigenvalue weighted by atomic mass is 10.1. The molecule has 0 amide bonds. The Morgan fingerprint density at radius 3 is 2.72 bits per heavy atom. The molecule has 0 radical (unpaired) electrons. The molecule has 0 bridgehead atoms. The van der Waals surface area contributed by atoms with Gasteiger partial charge in [-0.3, -0.25) is 9.36 Å². The van der Waals surface area contributed by atoms with Crippen LogP contribution in [0, 0.1) is 0 Å². The SMILES string of the molecule is Cn1nccc1Nc1nccc(-c2ccc(N(N)CCn3cccn3)c(N)c2)n1. The number of rotatable bonds is 7. The summed E-state index contributed by atoms with van der Waals surface area (Å²) < 4.78 is 3.53. The molecule has 148 valence electrons. The normalized spacial score (nSPS) is 10.8. The molecule has 0 spiro atoms. The second-order valence-electron chi connectivity index (χ2n) is 6.47. The highest BCUT2D eigenvalue weighted by Crippen LogP contribution is 2.28. The van der Waals surface area contributed by atoms with E-state index in [1.807, 2.05) is 54.3 Å². The van der Waals surface area contributed by atoms with Crippen molar-refractivity contribution in [3.05, 3.63) is 61.2 Å². The summed E-state index contributed by atoms with van der Waals surface area (Å²) in [4.78, 5) is 8.84. The molecule has 0 saturated heterocycles. The Hall–Kier alpha value is -3.92. The van der Waals surface area contributed by atoms with Gasteiger partial charge < -0.3 is 16.1 Å². The summed E-state index contributed by atoms with van der Waals surface area (Å²) >= 11 is 0. The Bertz CT molecular complexity index is 1090. The second kappa shape index (κ2) is 7.98. The molecule has 3 aromatic heterocycles. The molecule has 5 N–H and O–H groups in total. The van der Waals surface area contributed by atoms with Crippen LogP contribution in [0.2, 0.25) is 0 Å². The predicted molar refractivity (Wildman–Crippen MR) is 112 cm³/mol. The summed E-state index contributed by atoms with van der Waals surface area (Å²) in [6, 6.07) is 11.3. The molecule has 0 saturated carbocycles. The van der Waals surface area contributed by atoms with Crippen molar-refractivity contribution < 1.29 is 0 Å². The number of nitrogens with two attached hydrogens (primary N) is 2. The quantitative estimate of drug-likeness (QED) is 0.247. The van der Waals surface area contributed by atoms with E-state index in [2.05, 4.69) is 25.5 Å². The van der Waals surface area contributed by atoms with Crippen molar-refractivity contribution in [2.75, 3.05) is 22.6 Å². The zero-order chi connectivity index (χ0) is 20.2. The van der Waals surface area contributed by atoms with Crippen molar-refractivity contribution in [1.82, 2.24) is 29.5 Å². The van der Waals surface area contributed by atoms with Gasteiger partial charge in [0.05, 0.1) is 36.4 Å². The van der Waals surface area contributed by atoms with Crippen LogP contribution in [-0.2, 0) is 13.6 Å². The first-order valence-corrected chi connectivity index (χ1v) is 9.08. The third-order valence-electron chi connectivity index (χ3n) is 4.48. The lowest BCUT2D eigenvalue weighted by molar-refractivity contribution is 0.602. The van der Waals surface area contributed by atoms with E-state index >= 15 is 0 Å². The number of hydrogen-bond acceptors (Lipinski definition) is 8. The van der Waals surface area contributed by atoms with E-state index in [9.17, 15) is 0 Å². The first-order chi connectivity index (χ1) is 14.1. The second-order valence-corrected chi connectivity index (χ2v) is 6.47. The lowest BCUT2D eigenvalue weighted by Crippen LogP contribution is -2.34. The summed E-state index contributed by atoms with van der Waals surface area (Å²) in [5, 5.41) is 13.1. The number of hydrogen-bond donors (Lipinski definition) is 3. The first kappa shape index (κ1) is 18.4. The Balaban J connectivity index is 1.50. The van der Waals surface area contributed by atoms with Crippen molar-refractivity contribution in [2.45, 2.75) is 6.54 Å². The third kappa shape index (κ3) is 4.17. The van der Waals surface area contributed by atoms with Crippen LogP contribution in [0.15, 0.2) is 61.2 Å². The van der Waals surface area contributed by atoms with Crippen molar-refractivity contribution in [2.24, 2.45) is 12.9 Å². The molecule has 0 aliphatic rings. The summed E-state index contributed by atoms with van der Waals surface area (Å²) in [5.41, 5.74) is 9.22. The molecule has 0 aliphatic carbocycles. The van der Waals surface area contributed by atoms with Crippen molar-refractivity contribution in [3.63, 3.8) is 0 Å². The molecular weight excluding hydrogens is 368 g/mol. The largest absolute Gasteiger partial charge is 0.397 e. The van der Waals surface area contributed by atoms with Crippen LogP contribution in [0.1, 0.15) is 0 Å². The zero-order valence-corrected chi connectivity index (χ0v) is 16.0. The predicted octanol–water partition coefficient (Wildman–Crippen LogP) is 1.78. The molecule has 0 fully saturated rings. The Kier molecular flexibility index (Phi) is 5.08. The molecule has 0 aliphatic heterocycles. The van der Waals surface area contributed by atoms with E-state index in [0.29, 0.717) is 24.7 Å². The molecule has 0 unspecified atom stereocenters. The van der Waals surface area contributed by atoms with Gasteiger partial charge in [-0.2, -0.15) is 10.2 Å². The van der Waals surface area contributed by atoms with Gasteiger partial charge in [0, 0.05) is 37.3 Å². The maximum Gasteiger partial charge on any atom is 0.228 e. The molecule has 29 heavy (non-hydrogen) atoms. The minimum absolute atomic E-state index is 0.480. The van der Waals surface area contributed by atoms with Gasteiger partial charge in [-0.25, -0.2) is 15.8 Å². The molecule has 4 aromatic rings. The van der Waals surface area contributed by atoms with Crippen LogP contribution in [0.4, 0.5) is 23.1 Å². The van der Waals surface area contributed by atoms with E-state index < -0.39 is 0 Å². The van der Waals surface area contributed by atoms with E-state index in [4.69, 9.17) is 11.6 Å². The highest BCUT2D eigenvalue weighted by atomic mass is 15.4. The number of aromatic nitrogens is 6. The summed E-state index contributed by atoms with van der Waals surface area (Å²) in [6.45, 7) is 1.25. The fourth-order valence-corrected chi connectivity index (χ4v) is 2.93. The highest BCUT2D eigenvalue weighted by molar-refractivity contribution is 5.75. The standard InChI is InChI=1S/C19H22N10/c1-27-18(6-9-23-27)26-19-22-8-5-16(25-19)14-3-4-17(15(20)13-14)29(21)12-11-28-10-2-7-24-28/h2-10,13H,11-12,20-21H2,1H3,(H,22,25,26). The number of benzene rings is 1. The molecular formula is C19H22N10.